The van der Waals surface area contributed by atoms with Crippen LogP contribution in [0.25, 0.3) is 33.4 Å². The molecular formula is C36H24BN3. The summed E-state index contributed by atoms with van der Waals surface area (Å²) in [5, 5.41) is 11.6. The Kier molecular flexibility index (Phi) is 4.41. The zero-order chi connectivity index (χ0) is 26.2. The van der Waals surface area contributed by atoms with Crippen molar-refractivity contribution >= 4 is 57.2 Å². The highest BCUT2D eigenvalue weighted by atomic mass is 15.0. The highest BCUT2D eigenvalue weighted by molar-refractivity contribution is 7.02. The lowest BCUT2D eigenvalue weighted by atomic mass is 9.32. The lowest BCUT2D eigenvalue weighted by Gasteiger charge is -2.40. The molecule has 3 N–H and O–H groups in total. The molecule has 0 aliphatic carbocycles. The SMILES string of the molecule is c1ccc(-c2cc3c4c(c2)Nc2cc(-c5ccccc5)cc5c2B4c2c(cc(-c4ccccc4)cc2N5)N3)cc1. The third-order valence-electron chi connectivity index (χ3n) is 8.54. The molecule has 3 aliphatic heterocycles. The normalized spacial score (nSPS) is 13.1. The van der Waals surface area contributed by atoms with Gasteiger partial charge < -0.3 is 16.0 Å². The van der Waals surface area contributed by atoms with E-state index in [0.29, 0.717) is 0 Å². The Morgan fingerprint density at radius 3 is 0.800 bits per heavy atom. The summed E-state index contributed by atoms with van der Waals surface area (Å²) in [5.41, 5.74) is 18.2. The maximum atomic E-state index is 3.86. The van der Waals surface area contributed by atoms with Crippen molar-refractivity contribution in [1.29, 1.82) is 0 Å². The molecule has 6 aromatic carbocycles. The number of hydrogen-bond donors (Lipinski definition) is 3. The summed E-state index contributed by atoms with van der Waals surface area (Å²) < 4.78 is 0. The predicted molar refractivity (Wildman–Crippen MR) is 170 cm³/mol. The van der Waals surface area contributed by atoms with Gasteiger partial charge in [-0.05, 0) is 86.2 Å². The van der Waals surface area contributed by atoms with Crippen LogP contribution in [0.15, 0.2) is 127 Å². The molecule has 0 bridgehead atoms. The molecule has 4 heteroatoms. The molecule has 0 atom stereocenters. The van der Waals surface area contributed by atoms with Crippen molar-refractivity contribution in [3.05, 3.63) is 127 Å². The van der Waals surface area contributed by atoms with Gasteiger partial charge in [-0.15, -0.1) is 0 Å². The molecule has 6 aromatic rings. The molecule has 0 saturated carbocycles. The third kappa shape index (κ3) is 3.14. The van der Waals surface area contributed by atoms with E-state index in [2.05, 4.69) is 143 Å². The van der Waals surface area contributed by atoms with E-state index in [0.717, 1.165) is 0 Å². The highest BCUT2D eigenvalue weighted by Crippen LogP contribution is 2.42. The van der Waals surface area contributed by atoms with E-state index in [1.165, 1.54) is 83.9 Å². The first-order valence-corrected chi connectivity index (χ1v) is 13.8. The van der Waals surface area contributed by atoms with Crippen LogP contribution in [0.3, 0.4) is 0 Å². The topological polar surface area (TPSA) is 36.1 Å². The second-order valence-corrected chi connectivity index (χ2v) is 10.9. The predicted octanol–water partition coefficient (Wildman–Crippen LogP) is 7.37. The van der Waals surface area contributed by atoms with Gasteiger partial charge in [0.05, 0.1) is 0 Å². The molecule has 0 radical (unpaired) electrons. The molecular weight excluding hydrogens is 485 g/mol. The summed E-state index contributed by atoms with van der Waals surface area (Å²) in [6, 6.07) is 45.9. The largest absolute Gasteiger partial charge is 0.356 e. The minimum absolute atomic E-state index is 0.156. The fourth-order valence-corrected chi connectivity index (χ4v) is 6.77. The van der Waals surface area contributed by atoms with Crippen LogP contribution >= 0.6 is 0 Å². The zero-order valence-electron chi connectivity index (χ0n) is 21.7. The average molecular weight is 509 g/mol. The van der Waals surface area contributed by atoms with Crippen molar-refractivity contribution < 1.29 is 0 Å². The van der Waals surface area contributed by atoms with Crippen molar-refractivity contribution in [2.45, 2.75) is 0 Å². The van der Waals surface area contributed by atoms with Gasteiger partial charge in [-0.2, -0.15) is 0 Å². The standard InChI is InChI=1S/C36H24BN3/c1-4-10-22(11-5-1)25-16-28-34-29(17-25)39-31-19-27(24-14-8-3-9-15-24)21-33-36(31)37(34)35-30(38-28)18-26(20-32(35)40-33)23-12-6-2-7-13-23/h1-21,38-40H. The Bertz CT molecular complexity index is 1670. The number of rotatable bonds is 3. The van der Waals surface area contributed by atoms with Gasteiger partial charge in [-0.3, -0.25) is 0 Å². The number of nitrogens with one attached hydrogen (secondary N) is 3. The smallest absolute Gasteiger partial charge is 0.257 e. The van der Waals surface area contributed by atoms with E-state index < -0.39 is 0 Å². The van der Waals surface area contributed by atoms with Crippen LogP contribution in [0.2, 0.25) is 0 Å². The molecule has 3 heterocycles. The number of hydrogen-bond acceptors (Lipinski definition) is 3. The first-order valence-electron chi connectivity index (χ1n) is 13.8. The Balaban J connectivity index is 1.32. The maximum absolute atomic E-state index is 3.86. The Morgan fingerprint density at radius 2 is 0.550 bits per heavy atom. The summed E-state index contributed by atoms with van der Waals surface area (Å²) in [6.07, 6.45) is 0. The van der Waals surface area contributed by atoms with Crippen LogP contribution in [0.4, 0.5) is 34.1 Å². The van der Waals surface area contributed by atoms with Gasteiger partial charge in [0.2, 0.25) is 0 Å². The van der Waals surface area contributed by atoms with Gasteiger partial charge in [-0.25, -0.2) is 0 Å². The van der Waals surface area contributed by atoms with Gasteiger partial charge in [-0.1, -0.05) is 91.0 Å². The van der Waals surface area contributed by atoms with Crippen molar-refractivity contribution in [3.63, 3.8) is 0 Å². The van der Waals surface area contributed by atoms with Crippen molar-refractivity contribution in [1.82, 2.24) is 0 Å². The highest BCUT2D eigenvalue weighted by Gasteiger charge is 2.43. The Hall–Kier alpha value is -5.22. The second kappa shape index (κ2) is 8.14. The van der Waals surface area contributed by atoms with E-state index in [1.54, 1.807) is 0 Å². The minimum atomic E-state index is 0.156. The third-order valence-corrected chi connectivity index (χ3v) is 8.54. The summed E-state index contributed by atoms with van der Waals surface area (Å²) in [5.74, 6) is 0. The van der Waals surface area contributed by atoms with E-state index in [4.69, 9.17) is 0 Å². The quantitative estimate of drug-likeness (QED) is 0.218. The molecule has 186 valence electrons. The minimum Gasteiger partial charge on any atom is -0.356 e. The van der Waals surface area contributed by atoms with Crippen LogP contribution in [-0.2, 0) is 0 Å². The monoisotopic (exact) mass is 509 g/mol. The molecule has 0 saturated heterocycles. The number of anilines is 6. The lowest BCUT2D eigenvalue weighted by molar-refractivity contribution is 1.46. The van der Waals surface area contributed by atoms with Gasteiger partial charge in [0.25, 0.3) is 6.71 Å². The van der Waals surface area contributed by atoms with Gasteiger partial charge >= 0.3 is 0 Å². The summed E-state index contributed by atoms with van der Waals surface area (Å²) in [6.45, 7) is 0.156. The summed E-state index contributed by atoms with van der Waals surface area (Å²) in [7, 11) is 0. The van der Waals surface area contributed by atoms with Gasteiger partial charge in [0.1, 0.15) is 0 Å². The maximum Gasteiger partial charge on any atom is 0.257 e. The van der Waals surface area contributed by atoms with E-state index in [-0.39, 0.29) is 6.71 Å². The molecule has 0 amide bonds. The van der Waals surface area contributed by atoms with Gasteiger partial charge in [0.15, 0.2) is 0 Å². The fourth-order valence-electron chi connectivity index (χ4n) is 6.77. The second-order valence-electron chi connectivity index (χ2n) is 10.9. The molecule has 0 aromatic heterocycles. The van der Waals surface area contributed by atoms with Crippen molar-refractivity contribution in [2.24, 2.45) is 0 Å². The van der Waals surface area contributed by atoms with E-state index in [1.807, 2.05) is 0 Å². The van der Waals surface area contributed by atoms with E-state index >= 15 is 0 Å². The Morgan fingerprint density at radius 1 is 0.300 bits per heavy atom. The molecule has 3 aliphatic rings. The number of benzene rings is 6. The average Bonchev–Trinajstić information content (AvgIpc) is 3.01. The first kappa shape index (κ1) is 21.7. The molecule has 0 fully saturated rings. The molecule has 40 heavy (non-hydrogen) atoms. The van der Waals surface area contributed by atoms with E-state index in [9.17, 15) is 0 Å². The molecule has 3 nitrogen and oxygen atoms in total. The van der Waals surface area contributed by atoms with Crippen LogP contribution in [-0.4, -0.2) is 6.71 Å². The van der Waals surface area contributed by atoms with Crippen molar-refractivity contribution in [2.75, 3.05) is 16.0 Å². The van der Waals surface area contributed by atoms with Crippen LogP contribution in [0.5, 0.6) is 0 Å². The summed E-state index contributed by atoms with van der Waals surface area (Å²) in [4.78, 5) is 0. The lowest BCUT2D eigenvalue weighted by Crippen LogP contribution is -2.61. The Labute approximate surface area is 233 Å². The van der Waals surface area contributed by atoms with Crippen molar-refractivity contribution in [3.8, 4) is 33.4 Å². The zero-order valence-corrected chi connectivity index (χ0v) is 21.7. The van der Waals surface area contributed by atoms with Gasteiger partial charge in [0, 0.05) is 34.1 Å². The molecule has 9 rings (SSSR count). The molecule has 0 unspecified atom stereocenters. The van der Waals surface area contributed by atoms with Crippen LogP contribution < -0.4 is 32.3 Å². The van der Waals surface area contributed by atoms with Crippen LogP contribution in [0.1, 0.15) is 0 Å². The fraction of sp³-hybridized carbons (Fsp3) is 0. The van der Waals surface area contributed by atoms with Crippen LogP contribution in [0, 0.1) is 0 Å². The summed E-state index contributed by atoms with van der Waals surface area (Å²) >= 11 is 0. The first-order chi connectivity index (χ1) is 19.8. The molecule has 0 spiro atoms.